The van der Waals surface area contributed by atoms with Crippen LogP contribution in [0, 0.1) is 5.82 Å². The van der Waals surface area contributed by atoms with Crippen LogP contribution >= 0.6 is 0 Å². The Hall–Kier alpha value is -1.90. The van der Waals surface area contributed by atoms with E-state index in [1.54, 1.807) is 18.2 Å². The number of halogens is 1. The smallest absolute Gasteiger partial charge is 0.151 e. The van der Waals surface area contributed by atoms with Crippen LogP contribution in [-0.2, 0) is 0 Å². The lowest BCUT2D eigenvalue weighted by atomic mass is 10.1. The molecule has 70 valence electrons. The van der Waals surface area contributed by atoms with Gasteiger partial charge in [-0.15, -0.1) is 0 Å². The number of aldehydes is 1. The number of rotatable bonds is 2. The zero-order valence-corrected chi connectivity index (χ0v) is 7.25. The van der Waals surface area contributed by atoms with Crippen molar-refractivity contribution in [1.82, 2.24) is 4.98 Å². The molecule has 2 nitrogen and oxygen atoms in total. The third-order valence-electron chi connectivity index (χ3n) is 1.96. The Morgan fingerprint density at radius 2 is 2.21 bits per heavy atom. The highest BCUT2D eigenvalue weighted by molar-refractivity contribution is 5.78. The van der Waals surface area contributed by atoms with E-state index >= 15 is 0 Å². The van der Waals surface area contributed by atoms with Gasteiger partial charge in [-0.3, -0.25) is 4.79 Å². The molecule has 0 spiro atoms. The second-order valence-electron chi connectivity index (χ2n) is 2.88. The summed E-state index contributed by atoms with van der Waals surface area (Å²) in [5.41, 5.74) is 1.13. The Morgan fingerprint density at radius 1 is 1.43 bits per heavy atom. The molecule has 0 saturated heterocycles. The van der Waals surface area contributed by atoms with Crippen molar-refractivity contribution in [2.45, 2.75) is 0 Å². The Kier molecular flexibility index (Phi) is 1.85. The predicted octanol–water partition coefficient (Wildman–Crippen LogP) is 2.63. The van der Waals surface area contributed by atoms with E-state index in [-0.39, 0.29) is 11.4 Å². The molecule has 1 heterocycles. The topological polar surface area (TPSA) is 32.9 Å². The quantitative estimate of drug-likeness (QED) is 0.725. The van der Waals surface area contributed by atoms with Gasteiger partial charge in [0.05, 0.1) is 0 Å². The van der Waals surface area contributed by atoms with E-state index < -0.39 is 6.26 Å². The monoisotopic (exact) mass is 190 g/mol. The molecule has 0 fully saturated rings. The summed E-state index contributed by atoms with van der Waals surface area (Å²) in [5, 5.41) is 0. The van der Waals surface area contributed by atoms with E-state index in [0.717, 1.165) is 0 Å². The van der Waals surface area contributed by atoms with E-state index in [1.165, 1.54) is 18.3 Å². The van der Waals surface area contributed by atoms with Crippen LogP contribution in [0.1, 0.15) is 11.7 Å². The van der Waals surface area contributed by atoms with Gasteiger partial charge in [-0.2, -0.15) is 0 Å². The van der Waals surface area contributed by atoms with Gasteiger partial charge in [0, 0.05) is 23.0 Å². The average Bonchev–Trinajstić information content (AvgIpc) is 2.67. The van der Waals surface area contributed by atoms with Crippen molar-refractivity contribution in [1.29, 1.82) is 0 Å². The van der Waals surface area contributed by atoms with Gasteiger partial charge < -0.3 is 4.98 Å². The summed E-state index contributed by atoms with van der Waals surface area (Å²) >= 11 is 0. The largest absolute Gasteiger partial charge is 0.360 e. The number of nitrogens with one attached hydrogen (secondary N) is 1. The van der Waals surface area contributed by atoms with Crippen molar-refractivity contribution in [3.05, 3.63) is 47.9 Å². The van der Waals surface area contributed by atoms with E-state index in [9.17, 15) is 9.18 Å². The Morgan fingerprint density at radius 3 is 2.86 bits per heavy atom. The third kappa shape index (κ3) is 1.44. The molecule has 0 atom stereocenters. The Balaban J connectivity index is 2.46. The van der Waals surface area contributed by atoms with Crippen LogP contribution in [0.2, 0.25) is 0 Å². The van der Waals surface area contributed by atoms with Crippen molar-refractivity contribution in [2.24, 2.45) is 0 Å². The van der Waals surface area contributed by atoms with Crippen LogP contribution in [-0.4, -0.2) is 11.2 Å². The van der Waals surface area contributed by atoms with E-state index in [2.05, 4.69) is 4.98 Å². The molecular formula is C11H8FNO. The Labute approximate surface area is 81.8 Å². The fourth-order valence-corrected chi connectivity index (χ4v) is 1.29. The lowest BCUT2D eigenvalue weighted by Crippen LogP contribution is -1.82. The second kappa shape index (κ2) is 3.46. The SMILES string of the molecule is [2H]C(=O)c1c[nH]c(-c2ccccc2F)c1. The number of aromatic nitrogens is 1. The minimum Gasteiger partial charge on any atom is -0.360 e. The van der Waals surface area contributed by atoms with Gasteiger partial charge in [-0.25, -0.2) is 4.39 Å². The molecular weight excluding hydrogens is 181 g/mol. The molecule has 0 radical (unpaired) electrons. The summed E-state index contributed by atoms with van der Waals surface area (Å²) in [6.45, 7) is 0. The predicted molar refractivity (Wildman–Crippen MR) is 51.6 cm³/mol. The first-order valence-electron chi connectivity index (χ1n) is 4.63. The number of H-pyrrole nitrogens is 1. The molecule has 1 aromatic heterocycles. The summed E-state index contributed by atoms with van der Waals surface area (Å²) < 4.78 is 20.2. The first kappa shape index (κ1) is 7.50. The van der Waals surface area contributed by atoms with Gasteiger partial charge in [-0.05, 0) is 18.2 Å². The van der Waals surface area contributed by atoms with Crippen molar-refractivity contribution in [3.8, 4) is 11.3 Å². The molecule has 0 aliphatic rings. The summed E-state index contributed by atoms with van der Waals surface area (Å²) in [6.07, 6.45) is 0.616. The van der Waals surface area contributed by atoms with Gasteiger partial charge in [0.15, 0.2) is 6.26 Å². The first-order valence-corrected chi connectivity index (χ1v) is 4.13. The number of carbonyl (C=O) groups is 1. The highest BCUT2D eigenvalue weighted by Crippen LogP contribution is 2.21. The van der Waals surface area contributed by atoms with Gasteiger partial charge in [0.25, 0.3) is 0 Å². The van der Waals surface area contributed by atoms with Crippen LogP contribution in [0.3, 0.4) is 0 Å². The molecule has 0 saturated carbocycles. The number of hydrogen-bond acceptors (Lipinski definition) is 1. The maximum atomic E-state index is 13.3. The normalized spacial score (nSPS) is 11.1. The minimum absolute atomic E-state index is 0.230. The summed E-state index contributed by atoms with van der Waals surface area (Å²) in [4.78, 5) is 13.5. The maximum absolute atomic E-state index is 13.3. The lowest BCUT2D eigenvalue weighted by molar-refractivity contribution is 0.112. The molecule has 14 heavy (non-hydrogen) atoms. The highest BCUT2D eigenvalue weighted by atomic mass is 19.1. The zero-order valence-electron chi connectivity index (χ0n) is 8.25. The average molecular weight is 190 g/mol. The van der Waals surface area contributed by atoms with Gasteiger partial charge in [0.1, 0.15) is 7.19 Å². The van der Waals surface area contributed by atoms with Crippen molar-refractivity contribution >= 4 is 6.26 Å². The molecule has 2 aromatic rings. The lowest BCUT2D eigenvalue weighted by Gasteiger charge is -1.98. The number of carbonyl (C=O) groups excluding carboxylic acids is 1. The molecule has 0 unspecified atom stereocenters. The summed E-state index contributed by atoms with van der Waals surface area (Å²) in [7, 11) is 0. The fourth-order valence-electron chi connectivity index (χ4n) is 1.29. The van der Waals surface area contributed by atoms with Crippen molar-refractivity contribution in [3.63, 3.8) is 0 Å². The molecule has 0 aliphatic heterocycles. The van der Waals surface area contributed by atoms with Crippen LogP contribution in [0.25, 0.3) is 11.3 Å². The molecule has 3 heteroatoms. The maximum Gasteiger partial charge on any atom is 0.151 e. The van der Waals surface area contributed by atoms with E-state index in [0.29, 0.717) is 11.3 Å². The van der Waals surface area contributed by atoms with Crippen molar-refractivity contribution in [2.75, 3.05) is 0 Å². The van der Waals surface area contributed by atoms with E-state index in [4.69, 9.17) is 1.37 Å². The van der Waals surface area contributed by atoms with Crippen LogP contribution in [0.5, 0.6) is 0 Å². The van der Waals surface area contributed by atoms with Crippen LogP contribution < -0.4 is 0 Å². The molecule has 2 rings (SSSR count). The summed E-state index contributed by atoms with van der Waals surface area (Å²) in [6, 6.07) is 7.73. The van der Waals surface area contributed by atoms with Gasteiger partial charge in [0.2, 0.25) is 0 Å². The zero-order chi connectivity index (χ0) is 10.8. The van der Waals surface area contributed by atoms with Crippen molar-refractivity contribution < 1.29 is 10.6 Å². The third-order valence-corrected chi connectivity index (χ3v) is 1.96. The second-order valence-corrected chi connectivity index (χ2v) is 2.88. The van der Waals surface area contributed by atoms with Crippen LogP contribution in [0.15, 0.2) is 36.5 Å². The van der Waals surface area contributed by atoms with E-state index in [1.807, 2.05) is 0 Å². The molecule has 0 bridgehead atoms. The summed E-state index contributed by atoms with van der Waals surface area (Å²) in [5.74, 6) is -0.358. The molecule has 0 aliphatic carbocycles. The van der Waals surface area contributed by atoms with Crippen LogP contribution in [0.4, 0.5) is 4.39 Å². The highest BCUT2D eigenvalue weighted by Gasteiger charge is 2.05. The molecule has 0 amide bonds. The molecule has 1 N–H and O–H groups in total. The molecule has 1 aromatic carbocycles. The Bertz CT molecular complexity index is 507. The standard InChI is InChI=1S/C11H8FNO/c12-10-4-2-1-3-9(10)11-5-8(7-14)6-13-11/h1-7,13H/i7D. The first-order chi connectivity index (χ1) is 7.18. The fraction of sp³-hybridized carbons (Fsp3) is 0. The minimum atomic E-state index is -0.783. The van der Waals surface area contributed by atoms with Gasteiger partial charge >= 0.3 is 0 Å². The number of hydrogen-bond donors (Lipinski definition) is 1. The van der Waals surface area contributed by atoms with Gasteiger partial charge in [-0.1, -0.05) is 12.1 Å². The number of aromatic amines is 1. The number of benzene rings is 1.